The number of sulfone groups is 1. The van der Waals surface area contributed by atoms with Crippen LogP contribution in [-0.2, 0) is 14.6 Å². The molecule has 0 spiro atoms. The summed E-state index contributed by atoms with van der Waals surface area (Å²) in [5.41, 5.74) is 0.532. The first kappa shape index (κ1) is 19.9. The van der Waals surface area contributed by atoms with E-state index in [2.05, 4.69) is 10.6 Å². The zero-order chi connectivity index (χ0) is 19.0. The van der Waals surface area contributed by atoms with E-state index in [1.807, 2.05) is 6.07 Å². The van der Waals surface area contributed by atoms with Gasteiger partial charge in [-0.1, -0.05) is 41.9 Å². The van der Waals surface area contributed by atoms with Crippen LogP contribution in [0, 0.1) is 0 Å². The summed E-state index contributed by atoms with van der Waals surface area (Å²) in [7, 11) is -3.63. The van der Waals surface area contributed by atoms with Crippen LogP contribution in [-0.4, -0.2) is 39.1 Å². The van der Waals surface area contributed by atoms with Gasteiger partial charge in [0.05, 0.1) is 15.7 Å². The van der Waals surface area contributed by atoms with E-state index in [1.54, 1.807) is 36.4 Å². The van der Waals surface area contributed by atoms with Gasteiger partial charge < -0.3 is 10.6 Å². The van der Waals surface area contributed by atoms with E-state index in [4.69, 9.17) is 11.6 Å². The molecule has 138 valence electrons. The molecule has 26 heavy (non-hydrogen) atoms. The molecular weight excluding hydrogens is 376 g/mol. The Labute approximate surface area is 157 Å². The van der Waals surface area contributed by atoms with Gasteiger partial charge in [-0.25, -0.2) is 8.42 Å². The van der Waals surface area contributed by atoms with E-state index in [-0.39, 0.29) is 41.1 Å². The normalized spacial score (nSPS) is 11.0. The van der Waals surface area contributed by atoms with Crippen LogP contribution < -0.4 is 10.6 Å². The highest BCUT2D eigenvalue weighted by Gasteiger charge is 2.19. The molecule has 0 atom stereocenters. The summed E-state index contributed by atoms with van der Waals surface area (Å²) in [5.74, 6) is -0.977. The van der Waals surface area contributed by atoms with Gasteiger partial charge in [0.15, 0.2) is 9.84 Å². The van der Waals surface area contributed by atoms with Gasteiger partial charge in [0.25, 0.3) is 5.91 Å². The van der Waals surface area contributed by atoms with Crippen LogP contribution in [0.5, 0.6) is 0 Å². The molecule has 0 aliphatic heterocycles. The van der Waals surface area contributed by atoms with Gasteiger partial charge in [-0.05, 0) is 24.3 Å². The number of hydrogen-bond donors (Lipinski definition) is 2. The number of carbonyl (C=O) groups is 2. The quantitative estimate of drug-likeness (QED) is 0.670. The number of amides is 2. The molecule has 8 heteroatoms. The highest BCUT2D eigenvalue weighted by molar-refractivity contribution is 7.91. The van der Waals surface area contributed by atoms with E-state index in [1.165, 1.54) is 12.1 Å². The largest absolute Gasteiger partial charge is 0.354 e. The molecule has 2 amide bonds. The molecule has 0 unspecified atom stereocenters. The molecule has 0 bridgehead atoms. The molecule has 0 saturated heterocycles. The molecule has 0 radical (unpaired) electrons. The first-order chi connectivity index (χ1) is 12.4. The molecule has 6 nitrogen and oxygen atoms in total. The summed E-state index contributed by atoms with van der Waals surface area (Å²) in [5, 5.41) is 5.38. The third kappa shape index (κ3) is 5.86. The Hall–Kier alpha value is -2.38. The lowest BCUT2D eigenvalue weighted by Crippen LogP contribution is -2.35. The minimum Gasteiger partial charge on any atom is -0.354 e. The molecule has 2 N–H and O–H groups in total. The van der Waals surface area contributed by atoms with Crippen molar-refractivity contribution in [2.75, 3.05) is 18.8 Å². The maximum absolute atomic E-state index is 12.2. The average molecular weight is 395 g/mol. The lowest BCUT2D eigenvalue weighted by molar-refractivity contribution is -0.120. The smallest absolute Gasteiger partial charge is 0.251 e. The van der Waals surface area contributed by atoms with Gasteiger partial charge in [0.2, 0.25) is 5.91 Å². The topological polar surface area (TPSA) is 92.3 Å². The van der Waals surface area contributed by atoms with Gasteiger partial charge in [0.1, 0.15) is 0 Å². The molecule has 2 aromatic rings. The number of hydrogen-bond acceptors (Lipinski definition) is 4. The molecule has 0 fully saturated rings. The lowest BCUT2D eigenvalue weighted by atomic mass is 10.2. The minimum absolute atomic E-state index is 0.0181. The number of halogens is 1. The predicted molar refractivity (Wildman–Crippen MR) is 99.9 cm³/mol. The average Bonchev–Trinajstić information content (AvgIpc) is 2.64. The molecular formula is C18H19ClN2O4S. The summed E-state index contributed by atoms with van der Waals surface area (Å²) in [6, 6.07) is 14.8. The van der Waals surface area contributed by atoms with Crippen LogP contribution in [0.4, 0.5) is 0 Å². The van der Waals surface area contributed by atoms with Crippen molar-refractivity contribution < 1.29 is 18.0 Å². The summed E-state index contributed by atoms with van der Waals surface area (Å²) >= 11 is 5.89. The van der Waals surface area contributed by atoms with E-state index in [0.29, 0.717) is 5.56 Å². The van der Waals surface area contributed by atoms with Crippen molar-refractivity contribution in [3.63, 3.8) is 0 Å². The fourth-order valence-corrected chi connectivity index (χ4v) is 4.01. The molecule has 0 aromatic heterocycles. The second-order valence-corrected chi connectivity index (χ2v) is 7.96. The first-order valence-corrected chi connectivity index (χ1v) is 10.0. The standard InChI is InChI=1S/C18H19ClN2O4S/c19-15-8-4-5-9-16(15)26(24,25)13-10-17(22)20-11-12-21-18(23)14-6-2-1-3-7-14/h1-9H,10-13H2,(H,20,22)(H,21,23). The second kappa shape index (κ2) is 9.35. The molecule has 0 heterocycles. The van der Waals surface area contributed by atoms with Gasteiger partial charge >= 0.3 is 0 Å². The Morgan fingerprint density at radius 3 is 2.19 bits per heavy atom. The van der Waals surface area contributed by atoms with Crippen molar-refractivity contribution in [1.82, 2.24) is 10.6 Å². The summed E-state index contributed by atoms with van der Waals surface area (Å²) < 4.78 is 24.4. The molecule has 2 aromatic carbocycles. The van der Waals surface area contributed by atoms with Gasteiger partial charge in [-0.2, -0.15) is 0 Å². The SMILES string of the molecule is O=C(CCS(=O)(=O)c1ccccc1Cl)NCCNC(=O)c1ccccc1. The second-order valence-electron chi connectivity index (χ2n) is 5.47. The van der Waals surface area contributed by atoms with E-state index in [0.717, 1.165) is 0 Å². The Kier molecular flexibility index (Phi) is 7.17. The van der Waals surface area contributed by atoms with Crippen LogP contribution in [0.3, 0.4) is 0 Å². The summed E-state index contributed by atoms with van der Waals surface area (Å²) in [4.78, 5) is 23.6. The van der Waals surface area contributed by atoms with Crippen LogP contribution >= 0.6 is 11.6 Å². The Morgan fingerprint density at radius 2 is 1.50 bits per heavy atom. The van der Waals surface area contributed by atoms with Crippen molar-refractivity contribution in [3.8, 4) is 0 Å². The third-order valence-electron chi connectivity index (χ3n) is 3.54. The molecule has 0 aliphatic carbocycles. The molecule has 2 rings (SSSR count). The van der Waals surface area contributed by atoms with E-state index in [9.17, 15) is 18.0 Å². The lowest BCUT2D eigenvalue weighted by Gasteiger charge is -2.08. The molecule has 0 saturated carbocycles. The predicted octanol–water partition coefficient (Wildman–Crippen LogP) is 2.05. The van der Waals surface area contributed by atoms with Crippen molar-refractivity contribution in [1.29, 1.82) is 0 Å². The highest BCUT2D eigenvalue weighted by atomic mass is 35.5. The summed E-state index contributed by atoms with van der Waals surface area (Å²) in [6.07, 6.45) is -0.180. The maximum Gasteiger partial charge on any atom is 0.251 e. The number of rotatable bonds is 8. The van der Waals surface area contributed by atoms with Crippen molar-refractivity contribution in [2.45, 2.75) is 11.3 Å². The van der Waals surface area contributed by atoms with Crippen molar-refractivity contribution >= 4 is 33.3 Å². The van der Waals surface area contributed by atoms with E-state index >= 15 is 0 Å². The van der Waals surface area contributed by atoms with Crippen molar-refractivity contribution in [3.05, 3.63) is 65.2 Å². The van der Waals surface area contributed by atoms with Crippen LogP contribution in [0.25, 0.3) is 0 Å². The van der Waals surface area contributed by atoms with Crippen molar-refractivity contribution in [2.24, 2.45) is 0 Å². The number of carbonyl (C=O) groups excluding carboxylic acids is 2. The van der Waals surface area contributed by atoms with Gasteiger partial charge in [-0.3, -0.25) is 9.59 Å². The van der Waals surface area contributed by atoms with E-state index < -0.39 is 15.7 Å². The van der Waals surface area contributed by atoms with Crippen LogP contribution in [0.2, 0.25) is 5.02 Å². The fourth-order valence-electron chi connectivity index (χ4n) is 2.19. The Balaban J connectivity index is 1.72. The Bertz CT molecular complexity index is 870. The van der Waals surface area contributed by atoms with Crippen LogP contribution in [0.15, 0.2) is 59.5 Å². The highest BCUT2D eigenvalue weighted by Crippen LogP contribution is 2.22. The molecule has 0 aliphatic rings. The van der Waals surface area contributed by atoms with Gasteiger partial charge in [0, 0.05) is 25.1 Å². The fraction of sp³-hybridized carbons (Fsp3) is 0.222. The summed E-state index contributed by atoms with van der Waals surface area (Å²) in [6.45, 7) is 0.459. The monoisotopic (exact) mass is 394 g/mol. The maximum atomic E-state index is 12.2. The zero-order valence-corrected chi connectivity index (χ0v) is 15.5. The van der Waals surface area contributed by atoms with Gasteiger partial charge in [-0.15, -0.1) is 0 Å². The zero-order valence-electron chi connectivity index (χ0n) is 13.9. The minimum atomic E-state index is -3.63. The third-order valence-corrected chi connectivity index (χ3v) is 5.75. The van der Waals surface area contributed by atoms with Crippen LogP contribution in [0.1, 0.15) is 16.8 Å². The number of nitrogens with one attached hydrogen (secondary N) is 2. The first-order valence-electron chi connectivity index (χ1n) is 7.97. The Morgan fingerprint density at radius 1 is 0.885 bits per heavy atom. The number of benzene rings is 2.